The number of carbonyl (C=O) groups is 1. The van der Waals surface area contributed by atoms with Gasteiger partial charge in [-0.05, 0) is 23.6 Å². The molecule has 21 heavy (non-hydrogen) atoms. The number of ether oxygens (including phenoxy) is 1. The van der Waals surface area contributed by atoms with Crippen molar-refractivity contribution in [1.82, 2.24) is 4.90 Å². The van der Waals surface area contributed by atoms with Crippen LogP contribution in [0.4, 0.5) is 0 Å². The highest BCUT2D eigenvalue weighted by molar-refractivity contribution is 9.10. The van der Waals surface area contributed by atoms with Crippen LogP contribution in [-0.4, -0.2) is 31.0 Å². The number of nitrogens with two attached hydrogens (primary N) is 1. The van der Waals surface area contributed by atoms with Crippen LogP contribution in [0.25, 0.3) is 0 Å². The minimum Gasteiger partial charge on any atom is -0.496 e. The molecule has 0 fully saturated rings. The number of halogens is 1. The summed E-state index contributed by atoms with van der Waals surface area (Å²) in [5.74, 6) is 0.817. The number of methoxy groups -OCH3 is 1. The topological polar surface area (TPSA) is 55.6 Å². The first kappa shape index (κ1) is 18.0. The summed E-state index contributed by atoms with van der Waals surface area (Å²) in [4.78, 5) is 14.0. The average molecular weight is 357 g/mol. The third-order valence-electron chi connectivity index (χ3n) is 3.58. The molecule has 0 bridgehead atoms. The SMILES string of the molecule is COc1ccc(Br)cc1CN(C)C(=O)CC(N)C(C)(C)C. The molecule has 1 aromatic rings. The zero-order valence-electron chi connectivity index (χ0n) is 13.4. The lowest BCUT2D eigenvalue weighted by Crippen LogP contribution is -2.40. The second-order valence-electron chi connectivity index (χ2n) is 6.38. The van der Waals surface area contributed by atoms with Gasteiger partial charge in [-0.2, -0.15) is 0 Å². The fraction of sp³-hybridized carbons (Fsp3) is 0.562. The summed E-state index contributed by atoms with van der Waals surface area (Å²) in [7, 11) is 3.42. The van der Waals surface area contributed by atoms with Crippen LogP contribution in [0, 0.1) is 5.41 Å². The van der Waals surface area contributed by atoms with Gasteiger partial charge in [-0.15, -0.1) is 0 Å². The lowest BCUT2D eigenvalue weighted by Gasteiger charge is -2.28. The normalized spacial score (nSPS) is 12.9. The number of hydrogen-bond donors (Lipinski definition) is 1. The average Bonchev–Trinajstić information content (AvgIpc) is 2.37. The van der Waals surface area contributed by atoms with E-state index in [-0.39, 0.29) is 17.4 Å². The predicted octanol–water partition coefficient (Wildman–Crippen LogP) is 3.18. The molecule has 4 nitrogen and oxygen atoms in total. The molecule has 0 aliphatic heterocycles. The Kier molecular flexibility index (Phi) is 6.23. The van der Waals surface area contributed by atoms with Crippen molar-refractivity contribution < 1.29 is 9.53 Å². The molecule has 0 aliphatic carbocycles. The molecule has 0 saturated carbocycles. The highest BCUT2D eigenvalue weighted by atomic mass is 79.9. The van der Waals surface area contributed by atoms with Crippen LogP contribution in [0.1, 0.15) is 32.8 Å². The first-order valence-corrected chi connectivity index (χ1v) is 7.76. The third kappa shape index (κ3) is 5.32. The van der Waals surface area contributed by atoms with Crippen LogP contribution in [-0.2, 0) is 11.3 Å². The number of carbonyl (C=O) groups excluding carboxylic acids is 1. The molecule has 118 valence electrons. The van der Waals surface area contributed by atoms with E-state index in [9.17, 15) is 4.79 Å². The van der Waals surface area contributed by atoms with Gasteiger partial charge in [-0.1, -0.05) is 36.7 Å². The van der Waals surface area contributed by atoms with Crippen molar-refractivity contribution >= 4 is 21.8 Å². The van der Waals surface area contributed by atoms with Gasteiger partial charge in [0.15, 0.2) is 0 Å². The maximum atomic E-state index is 12.3. The number of hydrogen-bond acceptors (Lipinski definition) is 3. The van der Waals surface area contributed by atoms with E-state index in [2.05, 4.69) is 15.9 Å². The van der Waals surface area contributed by atoms with Gasteiger partial charge in [-0.3, -0.25) is 4.79 Å². The standard InChI is InChI=1S/C16H25BrN2O2/c1-16(2,3)14(18)9-15(20)19(4)10-11-8-12(17)6-7-13(11)21-5/h6-8,14H,9-10,18H2,1-5H3. The molecular formula is C16H25BrN2O2. The highest BCUT2D eigenvalue weighted by Gasteiger charge is 2.24. The smallest absolute Gasteiger partial charge is 0.224 e. The maximum Gasteiger partial charge on any atom is 0.224 e. The van der Waals surface area contributed by atoms with E-state index in [0.717, 1.165) is 15.8 Å². The summed E-state index contributed by atoms with van der Waals surface area (Å²) in [6.07, 6.45) is 0.344. The van der Waals surface area contributed by atoms with Gasteiger partial charge in [0.25, 0.3) is 0 Å². The van der Waals surface area contributed by atoms with E-state index in [4.69, 9.17) is 10.5 Å². The fourth-order valence-corrected chi connectivity index (χ4v) is 2.27. The van der Waals surface area contributed by atoms with E-state index in [1.807, 2.05) is 39.0 Å². The van der Waals surface area contributed by atoms with Crippen molar-refractivity contribution in [3.05, 3.63) is 28.2 Å². The largest absolute Gasteiger partial charge is 0.496 e. The number of nitrogens with zero attached hydrogens (tertiary/aromatic N) is 1. The van der Waals surface area contributed by atoms with Crippen LogP contribution in [0.5, 0.6) is 5.75 Å². The molecule has 1 unspecified atom stereocenters. The summed E-state index contributed by atoms with van der Waals surface area (Å²) in [6, 6.07) is 5.61. The number of rotatable bonds is 5. The van der Waals surface area contributed by atoms with Crippen LogP contribution < -0.4 is 10.5 Å². The van der Waals surface area contributed by atoms with Gasteiger partial charge in [-0.25, -0.2) is 0 Å². The Hall–Kier alpha value is -1.07. The van der Waals surface area contributed by atoms with Gasteiger partial charge in [0.05, 0.1) is 7.11 Å². The van der Waals surface area contributed by atoms with Gasteiger partial charge in [0.1, 0.15) is 5.75 Å². The number of amides is 1. The molecule has 0 saturated heterocycles. The number of benzene rings is 1. The Bertz CT molecular complexity index is 498. The first-order chi connectivity index (χ1) is 9.65. The molecule has 1 aromatic carbocycles. The zero-order chi connectivity index (χ0) is 16.2. The molecule has 1 rings (SSSR count). The minimum absolute atomic E-state index is 0.0412. The van der Waals surface area contributed by atoms with Crippen molar-refractivity contribution in [2.75, 3.05) is 14.2 Å². The summed E-state index contributed by atoms with van der Waals surface area (Å²) in [6.45, 7) is 6.63. The summed E-state index contributed by atoms with van der Waals surface area (Å²) < 4.78 is 6.30. The summed E-state index contributed by atoms with van der Waals surface area (Å²) in [5, 5.41) is 0. The van der Waals surface area contributed by atoms with Crippen LogP contribution in [0.3, 0.4) is 0 Å². The predicted molar refractivity (Wildman–Crippen MR) is 89.2 cm³/mol. The Morgan fingerprint density at radius 1 is 1.43 bits per heavy atom. The molecule has 0 spiro atoms. The molecule has 1 amide bonds. The van der Waals surface area contributed by atoms with Crippen LogP contribution in [0.2, 0.25) is 0 Å². The lowest BCUT2D eigenvalue weighted by atomic mass is 9.85. The molecule has 0 aliphatic rings. The van der Waals surface area contributed by atoms with Gasteiger partial charge >= 0.3 is 0 Å². The summed E-state index contributed by atoms with van der Waals surface area (Å²) in [5.41, 5.74) is 6.97. The molecular weight excluding hydrogens is 332 g/mol. The molecule has 5 heteroatoms. The zero-order valence-corrected chi connectivity index (χ0v) is 15.0. The molecule has 0 radical (unpaired) electrons. The van der Waals surface area contributed by atoms with Crippen molar-refractivity contribution in [2.24, 2.45) is 11.1 Å². The van der Waals surface area contributed by atoms with Crippen molar-refractivity contribution in [2.45, 2.75) is 39.8 Å². The minimum atomic E-state index is -0.156. The first-order valence-electron chi connectivity index (χ1n) is 6.97. The van der Waals surface area contributed by atoms with E-state index in [0.29, 0.717) is 13.0 Å². The molecule has 0 heterocycles. The van der Waals surface area contributed by atoms with Gasteiger partial charge in [0.2, 0.25) is 5.91 Å². The Morgan fingerprint density at radius 3 is 2.57 bits per heavy atom. The lowest BCUT2D eigenvalue weighted by molar-refractivity contribution is -0.131. The Morgan fingerprint density at radius 2 is 2.05 bits per heavy atom. The highest BCUT2D eigenvalue weighted by Crippen LogP contribution is 2.25. The third-order valence-corrected chi connectivity index (χ3v) is 4.08. The van der Waals surface area contributed by atoms with E-state index in [1.165, 1.54) is 0 Å². The summed E-state index contributed by atoms with van der Waals surface area (Å²) >= 11 is 3.44. The second-order valence-corrected chi connectivity index (χ2v) is 7.30. The molecule has 2 N–H and O–H groups in total. The van der Waals surface area contributed by atoms with Crippen molar-refractivity contribution in [3.63, 3.8) is 0 Å². The van der Waals surface area contributed by atoms with E-state index >= 15 is 0 Å². The maximum absolute atomic E-state index is 12.3. The van der Waals surface area contributed by atoms with Gasteiger partial charge in [0, 0.05) is 36.1 Å². The van der Waals surface area contributed by atoms with Crippen molar-refractivity contribution in [1.29, 1.82) is 0 Å². The quantitative estimate of drug-likeness (QED) is 0.881. The molecule has 1 atom stereocenters. The van der Waals surface area contributed by atoms with E-state index < -0.39 is 0 Å². The van der Waals surface area contributed by atoms with Crippen molar-refractivity contribution in [3.8, 4) is 5.75 Å². The Balaban J connectivity index is 2.75. The molecule has 0 aromatic heterocycles. The van der Waals surface area contributed by atoms with E-state index in [1.54, 1.807) is 19.1 Å². The fourth-order valence-electron chi connectivity index (χ4n) is 1.86. The van der Waals surface area contributed by atoms with Crippen LogP contribution in [0.15, 0.2) is 22.7 Å². The Labute approximate surface area is 135 Å². The second kappa shape index (κ2) is 7.27. The van der Waals surface area contributed by atoms with Gasteiger partial charge < -0.3 is 15.4 Å². The monoisotopic (exact) mass is 356 g/mol. The van der Waals surface area contributed by atoms with Crippen LogP contribution >= 0.6 is 15.9 Å².